The topological polar surface area (TPSA) is 48.0 Å². The highest BCUT2D eigenvalue weighted by Crippen LogP contribution is 2.36. The van der Waals surface area contributed by atoms with Crippen molar-refractivity contribution < 1.29 is 32.2 Å². The molecule has 29 heavy (non-hydrogen) atoms. The van der Waals surface area contributed by atoms with E-state index in [1.54, 1.807) is 25.3 Å². The van der Waals surface area contributed by atoms with E-state index in [0.717, 1.165) is 0 Å². The lowest BCUT2D eigenvalue weighted by atomic mass is 10.1. The predicted molar refractivity (Wildman–Crippen MR) is 103 cm³/mol. The molecule has 0 unspecified atom stereocenters. The summed E-state index contributed by atoms with van der Waals surface area (Å²) in [5.74, 6) is 0.210. The van der Waals surface area contributed by atoms with E-state index >= 15 is 0 Å². The van der Waals surface area contributed by atoms with Gasteiger partial charge in [-0.05, 0) is 41.5 Å². The lowest BCUT2D eigenvalue weighted by molar-refractivity contribution is -0.274. The van der Waals surface area contributed by atoms with Gasteiger partial charge in [-0.3, -0.25) is 4.79 Å². The first kappa shape index (κ1) is 22.4. The van der Waals surface area contributed by atoms with Crippen LogP contribution in [0.5, 0.6) is 17.2 Å². The van der Waals surface area contributed by atoms with Crippen LogP contribution < -0.4 is 14.2 Å². The Kier molecular flexibility index (Phi) is 7.39. The van der Waals surface area contributed by atoms with Crippen LogP contribution in [0, 0.1) is 0 Å². The van der Waals surface area contributed by atoms with Crippen molar-refractivity contribution in [2.75, 3.05) is 21.3 Å². The number of hydrogen-bond donors (Lipinski definition) is 0. The zero-order valence-corrected chi connectivity index (χ0v) is 16.7. The summed E-state index contributed by atoms with van der Waals surface area (Å²) in [6, 6.07) is 8.62. The fourth-order valence-corrected chi connectivity index (χ4v) is 2.77. The highest BCUT2D eigenvalue weighted by molar-refractivity contribution is 6.32. The zero-order valence-electron chi connectivity index (χ0n) is 15.9. The standard InChI is InChI=1S/C20H19ClF3NO4/c1-25(12-13-4-7-15(8-5-13)29-20(22,23)24)18(26)9-6-14-10-16(21)19(28-3)17(11-14)27-2/h4-11H,12H2,1-3H3/b9-6+. The van der Waals surface area contributed by atoms with Crippen molar-refractivity contribution in [2.24, 2.45) is 0 Å². The Morgan fingerprint density at radius 3 is 2.34 bits per heavy atom. The van der Waals surface area contributed by atoms with Crippen molar-refractivity contribution >= 4 is 23.6 Å². The van der Waals surface area contributed by atoms with E-state index in [-0.39, 0.29) is 18.2 Å². The van der Waals surface area contributed by atoms with Gasteiger partial charge in [0, 0.05) is 19.7 Å². The van der Waals surface area contributed by atoms with Crippen LogP contribution in [0.25, 0.3) is 6.08 Å². The number of carbonyl (C=O) groups is 1. The molecule has 0 bridgehead atoms. The SMILES string of the molecule is COc1cc(/C=C/C(=O)N(C)Cc2ccc(OC(F)(F)F)cc2)cc(Cl)c1OC. The molecule has 2 rings (SSSR count). The number of halogens is 4. The van der Waals surface area contributed by atoms with Crippen LogP contribution in [-0.2, 0) is 11.3 Å². The molecule has 0 saturated carbocycles. The van der Waals surface area contributed by atoms with E-state index in [0.29, 0.717) is 27.6 Å². The highest BCUT2D eigenvalue weighted by Gasteiger charge is 2.30. The fraction of sp³-hybridized carbons (Fsp3) is 0.250. The first-order valence-corrected chi connectivity index (χ1v) is 8.70. The van der Waals surface area contributed by atoms with Gasteiger partial charge in [-0.15, -0.1) is 13.2 Å². The Morgan fingerprint density at radius 1 is 1.14 bits per heavy atom. The van der Waals surface area contributed by atoms with Gasteiger partial charge >= 0.3 is 6.36 Å². The van der Waals surface area contributed by atoms with E-state index in [2.05, 4.69) is 4.74 Å². The molecular weight excluding hydrogens is 411 g/mol. The molecule has 0 aliphatic heterocycles. The van der Waals surface area contributed by atoms with Crippen molar-refractivity contribution in [1.29, 1.82) is 0 Å². The summed E-state index contributed by atoms with van der Waals surface area (Å²) in [7, 11) is 4.53. The van der Waals surface area contributed by atoms with Crippen LogP contribution in [0.15, 0.2) is 42.5 Å². The molecule has 0 aliphatic carbocycles. The predicted octanol–water partition coefficient (Wildman–Crippen LogP) is 4.93. The monoisotopic (exact) mass is 429 g/mol. The van der Waals surface area contributed by atoms with E-state index in [1.807, 2.05) is 0 Å². The number of benzene rings is 2. The van der Waals surface area contributed by atoms with Gasteiger partial charge in [-0.2, -0.15) is 0 Å². The van der Waals surface area contributed by atoms with E-state index in [9.17, 15) is 18.0 Å². The van der Waals surface area contributed by atoms with Gasteiger partial charge in [0.15, 0.2) is 11.5 Å². The quantitative estimate of drug-likeness (QED) is 0.586. The van der Waals surface area contributed by atoms with E-state index < -0.39 is 6.36 Å². The van der Waals surface area contributed by atoms with Crippen molar-refractivity contribution in [3.63, 3.8) is 0 Å². The number of amides is 1. The molecule has 2 aromatic carbocycles. The molecule has 5 nitrogen and oxygen atoms in total. The summed E-state index contributed by atoms with van der Waals surface area (Å²) in [5, 5.41) is 0.341. The van der Waals surface area contributed by atoms with Gasteiger partial charge in [0.25, 0.3) is 0 Å². The average molecular weight is 430 g/mol. The Hall–Kier alpha value is -2.87. The van der Waals surface area contributed by atoms with Gasteiger partial charge in [0.2, 0.25) is 5.91 Å². The summed E-state index contributed by atoms with van der Waals surface area (Å²) in [4.78, 5) is 13.7. The second-order valence-corrected chi connectivity index (χ2v) is 6.36. The van der Waals surface area contributed by atoms with Gasteiger partial charge in [-0.1, -0.05) is 23.7 Å². The third kappa shape index (κ3) is 6.60. The molecule has 9 heteroatoms. The van der Waals surface area contributed by atoms with E-state index in [4.69, 9.17) is 21.1 Å². The number of hydrogen-bond acceptors (Lipinski definition) is 4. The highest BCUT2D eigenvalue weighted by atomic mass is 35.5. The summed E-state index contributed by atoms with van der Waals surface area (Å²) in [5.41, 5.74) is 1.29. The molecule has 0 radical (unpaired) electrons. The first-order valence-electron chi connectivity index (χ1n) is 8.32. The minimum Gasteiger partial charge on any atom is -0.493 e. The number of carbonyl (C=O) groups excluding carboxylic acids is 1. The maximum atomic E-state index is 12.3. The summed E-state index contributed by atoms with van der Waals surface area (Å²) < 4.78 is 50.8. The number of alkyl halides is 3. The molecule has 0 fully saturated rings. The molecule has 0 N–H and O–H groups in total. The lowest BCUT2D eigenvalue weighted by Crippen LogP contribution is -2.24. The van der Waals surface area contributed by atoms with E-state index in [1.165, 1.54) is 49.5 Å². The molecule has 156 valence electrons. The summed E-state index contributed by atoms with van der Waals surface area (Å²) in [6.07, 6.45) is -1.81. The minimum atomic E-state index is -4.74. The molecule has 2 aromatic rings. The second kappa shape index (κ2) is 9.56. The molecule has 0 heterocycles. The second-order valence-electron chi connectivity index (χ2n) is 5.96. The fourth-order valence-electron chi connectivity index (χ4n) is 2.48. The summed E-state index contributed by atoms with van der Waals surface area (Å²) in [6.45, 7) is 0.210. The molecule has 0 aliphatic rings. The Balaban J connectivity index is 2.03. The third-order valence-corrected chi connectivity index (χ3v) is 4.11. The third-order valence-electron chi connectivity index (χ3n) is 3.83. The van der Waals surface area contributed by atoms with Crippen molar-refractivity contribution in [3.8, 4) is 17.2 Å². The smallest absolute Gasteiger partial charge is 0.493 e. The Morgan fingerprint density at radius 2 is 1.79 bits per heavy atom. The van der Waals surface area contributed by atoms with Crippen LogP contribution in [0.4, 0.5) is 13.2 Å². The Labute approximate surface area is 171 Å². The van der Waals surface area contributed by atoms with Crippen LogP contribution >= 0.6 is 11.6 Å². The molecule has 0 spiro atoms. The average Bonchev–Trinajstić information content (AvgIpc) is 2.65. The number of methoxy groups -OCH3 is 2. The molecule has 0 saturated heterocycles. The lowest BCUT2D eigenvalue weighted by Gasteiger charge is -2.16. The minimum absolute atomic E-state index is 0.210. The molecule has 1 amide bonds. The van der Waals surface area contributed by atoms with Gasteiger partial charge in [0.05, 0.1) is 19.2 Å². The summed E-state index contributed by atoms with van der Waals surface area (Å²) >= 11 is 6.14. The molecule has 0 atom stereocenters. The first-order chi connectivity index (χ1) is 13.6. The normalized spacial score (nSPS) is 11.4. The van der Waals surface area contributed by atoms with Crippen LogP contribution in [0.1, 0.15) is 11.1 Å². The maximum absolute atomic E-state index is 12.3. The molecular formula is C20H19ClF3NO4. The largest absolute Gasteiger partial charge is 0.573 e. The van der Waals surface area contributed by atoms with Crippen molar-refractivity contribution in [3.05, 3.63) is 58.6 Å². The van der Waals surface area contributed by atoms with Crippen LogP contribution in [-0.4, -0.2) is 38.4 Å². The molecule has 0 aromatic heterocycles. The van der Waals surface area contributed by atoms with Gasteiger partial charge < -0.3 is 19.1 Å². The van der Waals surface area contributed by atoms with Crippen LogP contribution in [0.3, 0.4) is 0 Å². The zero-order chi connectivity index (χ0) is 21.6. The number of rotatable bonds is 7. The van der Waals surface area contributed by atoms with Crippen molar-refractivity contribution in [2.45, 2.75) is 12.9 Å². The van der Waals surface area contributed by atoms with Gasteiger partial charge in [0.1, 0.15) is 5.75 Å². The number of ether oxygens (including phenoxy) is 3. The number of likely N-dealkylation sites (N-methyl/N-ethyl adjacent to an activating group) is 1. The number of nitrogens with zero attached hydrogens (tertiary/aromatic N) is 1. The van der Waals surface area contributed by atoms with Gasteiger partial charge in [-0.25, -0.2) is 0 Å². The van der Waals surface area contributed by atoms with Crippen LogP contribution in [0.2, 0.25) is 5.02 Å². The Bertz CT molecular complexity index is 883. The van der Waals surface area contributed by atoms with Crippen molar-refractivity contribution in [1.82, 2.24) is 4.90 Å². The maximum Gasteiger partial charge on any atom is 0.573 e.